The van der Waals surface area contributed by atoms with Crippen molar-refractivity contribution >= 4 is 11.8 Å². The van der Waals surface area contributed by atoms with Gasteiger partial charge in [-0.05, 0) is 0 Å². The first-order chi connectivity index (χ1) is 6.57. The summed E-state index contributed by atoms with van der Waals surface area (Å²) in [7, 11) is 4.70. The van der Waals surface area contributed by atoms with Gasteiger partial charge in [0.15, 0.2) is 5.69 Å². The van der Waals surface area contributed by atoms with Gasteiger partial charge in [-0.15, -0.1) is 0 Å². The van der Waals surface area contributed by atoms with E-state index in [2.05, 4.69) is 15.3 Å². The van der Waals surface area contributed by atoms with E-state index in [0.29, 0.717) is 0 Å². The van der Waals surface area contributed by atoms with Gasteiger partial charge in [-0.2, -0.15) is 0 Å². The molecule has 1 aromatic heterocycles. The molecule has 1 rings (SSSR count). The number of carbonyl (C=O) groups excluding carboxylic acids is 2. The number of amides is 2. The van der Waals surface area contributed by atoms with Crippen LogP contribution in [0.1, 0.15) is 21.0 Å². The van der Waals surface area contributed by atoms with Crippen molar-refractivity contribution in [2.75, 3.05) is 21.1 Å². The van der Waals surface area contributed by atoms with Crippen LogP contribution < -0.4 is 5.32 Å². The fourth-order valence-corrected chi connectivity index (χ4v) is 0.971. The number of H-pyrrole nitrogens is 1. The summed E-state index contributed by atoms with van der Waals surface area (Å²) >= 11 is 0. The van der Waals surface area contributed by atoms with Crippen molar-refractivity contribution in [3.8, 4) is 0 Å². The Labute approximate surface area is 81.3 Å². The minimum Gasteiger partial charge on any atom is -0.354 e. The molecule has 1 aromatic rings. The Balaban J connectivity index is 3.04. The van der Waals surface area contributed by atoms with E-state index < -0.39 is 0 Å². The summed E-state index contributed by atoms with van der Waals surface area (Å²) in [5, 5.41) is 2.41. The second kappa shape index (κ2) is 3.91. The predicted molar refractivity (Wildman–Crippen MR) is 50.0 cm³/mol. The molecule has 2 N–H and O–H groups in total. The molecular weight excluding hydrogens is 184 g/mol. The van der Waals surface area contributed by atoms with Crippen LogP contribution in [-0.4, -0.2) is 47.8 Å². The highest BCUT2D eigenvalue weighted by atomic mass is 16.2. The third kappa shape index (κ3) is 1.73. The van der Waals surface area contributed by atoms with Crippen molar-refractivity contribution in [2.24, 2.45) is 0 Å². The fraction of sp³-hybridized carbons (Fsp3) is 0.375. The Kier molecular flexibility index (Phi) is 2.85. The van der Waals surface area contributed by atoms with Gasteiger partial charge in [0.05, 0.1) is 6.33 Å². The molecule has 1 heterocycles. The zero-order chi connectivity index (χ0) is 10.7. The van der Waals surface area contributed by atoms with Gasteiger partial charge >= 0.3 is 0 Å². The first-order valence-corrected chi connectivity index (χ1v) is 4.05. The number of hydrogen-bond acceptors (Lipinski definition) is 3. The van der Waals surface area contributed by atoms with Gasteiger partial charge in [0.1, 0.15) is 5.69 Å². The summed E-state index contributed by atoms with van der Waals surface area (Å²) in [4.78, 5) is 30.6. The van der Waals surface area contributed by atoms with E-state index in [1.54, 1.807) is 14.1 Å². The lowest BCUT2D eigenvalue weighted by Crippen LogP contribution is -2.27. The number of aromatic nitrogens is 2. The van der Waals surface area contributed by atoms with E-state index in [1.807, 2.05) is 0 Å². The van der Waals surface area contributed by atoms with Crippen LogP contribution in [0.5, 0.6) is 0 Å². The third-order valence-electron chi connectivity index (χ3n) is 1.70. The van der Waals surface area contributed by atoms with Gasteiger partial charge in [0.25, 0.3) is 11.8 Å². The first-order valence-electron chi connectivity index (χ1n) is 4.05. The Bertz CT molecular complexity index is 356. The largest absolute Gasteiger partial charge is 0.354 e. The Morgan fingerprint density at radius 3 is 2.64 bits per heavy atom. The molecule has 0 radical (unpaired) electrons. The lowest BCUT2D eigenvalue weighted by atomic mass is 10.3. The van der Waals surface area contributed by atoms with E-state index in [-0.39, 0.29) is 23.2 Å². The normalized spacial score (nSPS) is 9.64. The molecule has 0 aliphatic rings. The topological polar surface area (TPSA) is 78.1 Å². The Hall–Kier alpha value is -1.85. The van der Waals surface area contributed by atoms with E-state index in [0.717, 1.165) is 0 Å². The molecule has 0 saturated carbocycles. The standard InChI is InChI=1S/C8H12N4O2/c1-9-7(13)5-6(11-4-10-5)8(14)12(2)3/h4H,1-3H3,(H,9,13)(H,10,11). The molecule has 2 amide bonds. The van der Waals surface area contributed by atoms with E-state index in [4.69, 9.17) is 0 Å². The molecule has 0 saturated heterocycles. The van der Waals surface area contributed by atoms with Crippen LogP contribution in [0.2, 0.25) is 0 Å². The quantitative estimate of drug-likeness (QED) is 0.667. The lowest BCUT2D eigenvalue weighted by molar-refractivity contribution is 0.0813. The van der Waals surface area contributed by atoms with Gasteiger partial charge in [0, 0.05) is 21.1 Å². The average Bonchev–Trinajstić information content (AvgIpc) is 2.63. The van der Waals surface area contributed by atoms with Crippen LogP contribution in [0.25, 0.3) is 0 Å². The molecule has 76 valence electrons. The smallest absolute Gasteiger partial charge is 0.272 e. The maximum atomic E-state index is 11.5. The molecule has 0 spiro atoms. The second-order valence-electron chi connectivity index (χ2n) is 2.90. The number of nitrogens with zero attached hydrogens (tertiary/aromatic N) is 2. The summed E-state index contributed by atoms with van der Waals surface area (Å²) in [5.74, 6) is -0.655. The fourth-order valence-electron chi connectivity index (χ4n) is 0.971. The van der Waals surface area contributed by atoms with Crippen molar-refractivity contribution in [1.82, 2.24) is 20.2 Å². The molecule has 6 nitrogen and oxygen atoms in total. The van der Waals surface area contributed by atoms with E-state index >= 15 is 0 Å². The van der Waals surface area contributed by atoms with Crippen LogP contribution >= 0.6 is 0 Å². The lowest BCUT2D eigenvalue weighted by Gasteiger charge is -2.08. The summed E-state index contributed by atoms with van der Waals surface area (Å²) < 4.78 is 0. The van der Waals surface area contributed by atoms with E-state index in [1.165, 1.54) is 18.3 Å². The van der Waals surface area contributed by atoms with Crippen LogP contribution in [0.3, 0.4) is 0 Å². The number of imidazole rings is 1. The summed E-state index contributed by atoms with van der Waals surface area (Å²) in [6.45, 7) is 0. The molecule has 0 unspecified atom stereocenters. The molecule has 0 aliphatic carbocycles. The first kappa shape index (κ1) is 10.2. The number of rotatable bonds is 2. The van der Waals surface area contributed by atoms with Gasteiger partial charge in [-0.25, -0.2) is 4.98 Å². The van der Waals surface area contributed by atoms with Crippen LogP contribution in [-0.2, 0) is 0 Å². The van der Waals surface area contributed by atoms with Crippen LogP contribution in [0, 0.1) is 0 Å². The maximum absolute atomic E-state index is 11.5. The van der Waals surface area contributed by atoms with Gasteiger partial charge in [0.2, 0.25) is 0 Å². The summed E-state index contributed by atoms with van der Waals surface area (Å²) in [5.41, 5.74) is 0.320. The van der Waals surface area contributed by atoms with Crippen LogP contribution in [0.4, 0.5) is 0 Å². The molecule has 0 bridgehead atoms. The van der Waals surface area contributed by atoms with Gasteiger partial charge in [-0.1, -0.05) is 0 Å². The minimum absolute atomic E-state index is 0.117. The summed E-state index contributed by atoms with van der Waals surface area (Å²) in [6.07, 6.45) is 1.32. The molecule has 0 aliphatic heterocycles. The van der Waals surface area contributed by atoms with Gasteiger partial charge in [-0.3, -0.25) is 9.59 Å². The zero-order valence-electron chi connectivity index (χ0n) is 8.29. The minimum atomic E-state index is -0.378. The molecule has 0 atom stereocenters. The monoisotopic (exact) mass is 196 g/mol. The summed E-state index contributed by atoms with van der Waals surface area (Å²) in [6, 6.07) is 0. The number of carbonyl (C=O) groups is 2. The van der Waals surface area contributed by atoms with Crippen molar-refractivity contribution in [1.29, 1.82) is 0 Å². The molecule has 0 fully saturated rings. The van der Waals surface area contributed by atoms with Gasteiger partial charge < -0.3 is 15.2 Å². The number of aromatic amines is 1. The Morgan fingerprint density at radius 1 is 1.50 bits per heavy atom. The van der Waals surface area contributed by atoms with E-state index in [9.17, 15) is 9.59 Å². The van der Waals surface area contributed by atoms with Crippen LogP contribution in [0.15, 0.2) is 6.33 Å². The zero-order valence-corrected chi connectivity index (χ0v) is 8.29. The van der Waals surface area contributed by atoms with Crippen molar-refractivity contribution in [3.63, 3.8) is 0 Å². The predicted octanol–water partition coefficient (Wildman–Crippen LogP) is -0.529. The SMILES string of the molecule is CNC(=O)c1nc[nH]c1C(=O)N(C)C. The highest BCUT2D eigenvalue weighted by Crippen LogP contribution is 2.04. The third-order valence-corrected chi connectivity index (χ3v) is 1.70. The average molecular weight is 196 g/mol. The maximum Gasteiger partial charge on any atom is 0.272 e. The van der Waals surface area contributed by atoms with Crippen molar-refractivity contribution in [2.45, 2.75) is 0 Å². The van der Waals surface area contributed by atoms with Crippen molar-refractivity contribution in [3.05, 3.63) is 17.7 Å². The molecule has 14 heavy (non-hydrogen) atoms. The number of nitrogens with one attached hydrogen (secondary N) is 2. The second-order valence-corrected chi connectivity index (χ2v) is 2.90. The highest BCUT2D eigenvalue weighted by molar-refractivity contribution is 6.04. The number of hydrogen-bond donors (Lipinski definition) is 2. The highest BCUT2D eigenvalue weighted by Gasteiger charge is 2.20. The molecular formula is C8H12N4O2. The Morgan fingerprint density at radius 2 is 2.14 bits per heavy atom. The van der Waals surface area contributed by atoms with Crippen molar-refractivity contribution < 1.29 is 9.59 Å². The molecule has 6 heteroatoms. The molecule has 0 aromatic carbocycles.